The van der Waals surface area contributed by atoms with Crippen molar-refractivity contribution in [1.82, 2.24) is 5.32 Å². The fourth-order valence-electron chi connectivity index (χ4n) is 3.13. The first-order valence-electron chi connectivity index (χ1n) is 9.49. The van der Waals surface area contributed by atoms with Gasteiger partial charge in [-0.3, -0.25) is 0 Å². The summed E-state index contributed by atoms with van der Waals surface area (Å²) in [5.74, 6) is 2.79. The van der Waals surface area contributed by atoms with Gasteiger partial charge >= 0.3 is 0 Å². The van der Waals surface area contributed by atoms with E-state index in [0.29, 0.717) is 36.9 Å². The summed E-state index contributed by atoms with van der Waals surface area (Å²) >= 11 is 0. The zero-order valence-electron chi connectivity index (χ0n) is 17.5. The lowest BCUT2D eigenvalue weighted by molar-refractivity contribution is 0.306. The quantitative estimate of drug-likeness (QED) is 0.491. The molecule has 0 aliphatic rings. The van der Waals surface area contributed by atoms with Gasteiger partial charge in [0.05, 0.1) is 21.3 Å². The molecule has 0 radical (unpaired) electrons. The van der Waals surface area contributed by atoms with E-state index in [0.717, 1.165) is 22.4 Å². The van der Waals surface area contributed by atoms with E-state index in [9.17, 15) is 0 Å². The summed E-state index contributed by atoms with van der Waals surface area (Å²) in [5, 5.41) is 3.45. The lowest BCUT2D eigenvalue weighted by Crippen LogP contribution is -2.14. The Morgan fingerprint density at radius 1 is 0.700 bits per heavy atom. The van der Waals surface area contributed by atoms with Gasteiger partial charge in [0.2, 0.25) is 5.75 Å². The number of halogens is 1. The molecule has 6 heteroatoms. The second-order valence-electron chi connectivity index (χ2n) is 6.52. The number of ether oxygens (including phenoxy) is 4. The topological polar surface area (TPSA) is 49.0 Å². The summed E-state index contributed by atoms with van der Waals surface area (Å²) in [6.07, 6.45) is 0. The van der Waals surface area contributed by atoms with Crippen molar-refractivity contribution in [2.45, 2.75) is 19.7 Å². The molecule has 3 aromatic carbocycles. The van der Waals surface area contributed by atoms with Crippen LogP contribution < -0.4 is 24.3 Å². The molecule has 1 N–H and O–H groups in total. The van der Waals surface area contributed by atoms with Crippen LogP contribution in [0.4, 0.5) is 0 Å². The Hall–Kier alpha value is -2.89. The lowest BCUT2D eigenvalue weighted by atomic mass is 10.1. The molecular formula is C24H28ClNO4. The molecule has 0 bridgehead atoms. The molecule has 0 aromatic heterocycles. The van der Waals surface area contributed by atoms with Crippen molar-refractivity contribution < 1.29 is 18.9 Å². The average molecular weight is 430 g/mol. The largest absolute Gasteiger partial charge is 0.493 e. The van der Waals surface area contributed by atoms with Gasteiger partial charge in [-0.25, -0.2) is 0 Å². The molecule has 0 saturated carbocycles. The van der Waals surface area contributed by atoms with Crippen LogP contribution in [0.15, 0.2) is 66.7 Å². The van der Waals surface area contributed by atoms with E-state index in [-0.39, 0.29) is 12.4 Å². The molecule has 3 aromatic rings. The third-order valence-corrected chi connectivity index (χ3v) is 4.58. The van der Waals surface area contributed by atoms with E-state index < -0.39 is 0 Å². The van der Waals surface area contributed by atoms with Crippen molar-refractivity contribution in [3.8, 4) is 23.0 Å². The maximum absolute atomic E-state index is 5.91. The first-order valence-corrected chi connectivity index (χ1v) is 9.49. The molecule has 0 atom stereocenters. The number of benzene rings is 3. The van der Waals surface area contributed by atoms with Crippen molar-refractivity contribution in [3.63, 3.8) is 0 Å². The zero-order valence-corrected chi connectivity index (χ0v) is 18.3. The molecule has 0 fully saturated rings. The minimum Gasteiger partial charge on any atom is -0.493 e. The number of nitrogens with one attached hydrogen (secondary N) is 1. The molecule has 3 rings (SSSR count). The van der Waals surface area contributed by atoms with Crippen LogP contribution in [0.3, 0.4) is 0 Å². The standard InChI is InChI=1S/C24H27NO4.ClH/c1-26-22-13-12-20(23(27-2)24(22)28-3)16-25-15-19-10-7-11-21(14-19)29-17-18-8-5-4-6-9-18;/h4-14,25H,15-17H2,1-3H3;1H. The summed E-state index contributed by atoms with van der Waals surface area (Å²) in [5.41, 5.74) is 3.30. The van der Waals surface area contributed by atoms with Gasteiger partial charge in [0.15, 0.2) is 11.5 Å². The van der Waals surface area contributed by atoms with Gasteiger partial charge in [0.25, 0.3) is 0 Å². The first-order chi connectivity index (χ1) is 14.2. The molecule has 0 amide bonds. The van der Waals surface area contributed by atoms with E-state index in [4.69, 9.17) is 18.9 Å². The second kappa shape index (κ2) is 12.0. The second-order valence-corrected chi connectivity index (χ2v) is 6.52. The minimum atomic E-state index is 0. The number of hydrogen-bond acceptors (Lipinski definition) is 5. The summed E-state index contributed by atoms with van der Waals surface area (Å²) in [6.45, 7) is 1.90. The smallest absolute Gasteiger partial charge is 0.203 e. The number of rotatable bonds is 10. The van der Waals surface area contributed by atoms with Gasteiger partial charge < -0.3 is 24.3 Å². The highest BCUT2D eigenvalue weighted by Crippen LogP contribution is 2.39. The molecule has 0 saturated heterocycles. The van der Waals surface area contributed by atoms with Crippen LogP contribution in [0.25, 0.3) is 0 Å². The fourth-order valence-corrected chi connectivity index (χ4v) is 3.13. The zero-order chi connectivity index (χ0) is 20.5. The molecule has 0 aliphatic heterocycles. The van der Waals surface area contributed by atoms with Gasteiger partial charge in [-0.15, -0.1) is 12.4 Å². The lowest BCUT2D eigenvalue weighted by Gasteiger charge is -2.16. The van der Waals surface area contributed by atoms with Crippen LogP contribution in [0.2, 0.25) is 0 Å². The van der Waals surface area contributed by atoms with Gasteiger partial charge in [-0.1, -0.05) is 48.5 Å². The Balaban J connectivity index is 0.00000320. The SMILES string of the molecule is COc1ccc(CNCc2cccc(OCc3ccccc3)c2)c(OC)c1OC.Cl. The Morgan fingerprint density at radius 2 is 1.43 bits per heavy atom. The van der Waals surface area contributed by atoms with E-state index >= 15 is 0 Å². The van der Waals surface area contributed by atoms with Crippen LogP contribution in [-0.4, -0.2) is 21.3 Å². The third kappa shape index (κ3) is 6.05. The molecule has 0 heterocycles. The summed E-state index contributed by atoms with van der Waals surface area (Å²) < 4.78 is 22.2. The fraction of sp³-hybridized carbons (Fsp3) is 0.250. The first kappa shape index (κ1) is 23.4. The number of hydrogen-bond donors (Lipinski definition) is 1. The molecule has 0 aliphatic carbocycles. The third-order valence-electron chi connectivity index (χ3n) is 4.58. The highest BCUT2D eigenvalue weighted by atomic mass is 35.5. The van der Waals surface area contributed by atoms with Crippen molar-refractivity contribution >= 4 is 12.4 Å². The van der Waals surface area contributed by atoms with Crippen LogP contribution in [0.5, 0.6) is 23.0 Å². The van der Waals surface area contributed by atoms with Crippen molar-refractivity contribution in [1.29, 1.82) is 0 Å². The molecular weight excluding hydrogens is 402 g/mol. The summed E-state index contributed by atoms with van der Waals surface area (Å²) in [4.78, 5) is 0. The maximum Gasteiger partial charge on any atom is 0.203 e. The van der Waals surface area contributed by atoms with Gasteiger partial charge in [0, 0.05) is 18.7 Å². The molecule has 0 spiro atoms. The average Bonchev–Trinajstić information content (AvgIpc) is 2.78. The summed E-state index contributed by atoms with van der Waals surface area (Å²) in [7, 11) is 4.86. The van der Waals surface area contributed by atoms with Crippen LogP contribution in [0.1, 0.15) is 16.7 Å². The van der Waals surface area contributed by atoms with Crippen molar-refractivity contribution in [3.05, 3.63) is 83.4 Å². The molecule has 30 heavy (non-hydrogen) atoms. The highest BCUT2D eigenvalue weighted by Gasteiger charge is 2.15. The highest BCUT2D eigenvalue weighted by molar-refractivity contribution is 5.85. The van der Waals surface area contributed by atoms with E-state index in [1.807, 2.05) is 42.5 Å². The van der Waals surface area contributed by atoms with Crippen LogP contribution >= 0.6 is 12.4 Å². The van der Waals surface area contributed by atoms with Crippen molar-refractivity contribution in [2.75, 3.05) is 21.3 Å². The Bertz CT molecular complexity index is 918. The number of methoxy groups -OCH3 is 3. The van der Waals surface area contributed by atoms with Crippen molar-refractivity contribution in [2.24, 2.45) is 0 Å². The molecule has 0 unspecified atom stereocenters. The maximum atomic E-state index is 5.91. The predicted octanol–water partition coefficient (Wildman–Crippen LogP) is 5.00. The van der Waals surface area contributed by atoms with Crippen LogP contribution in [0, 0.1) is 0 Å². The monoisotopic (exact) mass is 429 g/mol. The van der Waals surface area contributed by atoms with E-state index in [1.165, 1.54) is 0 Å². The van der Waals surface area contributed by atoms with Gasteiger partial charge in [-0.2, -0.15) is 0 Å². The molecule has 5 nitrogen and oxygen atoms in total. The van der Waals surface area contributed by atoms with E-state index in [1.54, 1.807) is 21.3 Å². The van der Waals surface area contributed by atoms with E-state index in [2.05, 4.69) is 29.6 Å². The van der Waals surface area contributed by atoms with Gasteiger partial charge in [-0.05, 0) is 29.3 Å². The Labute approximate surface area is 184 Å². The normalized spacial score (nSPS) is 10.1. The minimum absolute atomic E-state index is 0. The Kier molecular flexibility index (Phi) is 9.32. The predicted molar refractivity (Wildman–Crippen MR) is 121 cm³/mol. The summed E-state index contributed by atoms with van der Waals surface area (Å²) in [6, 6.07) is 22.1. The van der Waals surface area contributed by atoms with Gasteiger partial charge in [0.1, 0.15) is 12.4 Å². The Morgan fingerprint density at radius 3 is 2.13 bits per heavy atom. The molecule has 160 valence electrons. The van der Waals surface area contributed by atoms with Crippen LogP contribution in [-0.2, 0) is 19.7 Å².